The largest absolute Gasteiger partial charge is 0.396 e. The summed E-state index contributed by atoms with van der Waals surface area (Å²) in [5.41, 5.74) is 0. The van der Waals surface area contributed by atoms with E-state index in [-0.39, 0.29) is 12.5 Å². The fraction of sp³-hybridized carbons (Fsp3) is 0.917. The van der Waals surface area contributed by atoms with E-state index in [1.54, 1.807) is 0 Å². The van der Waals surface area contributed by atoms with Crippen LogP contribution in [0.3, 0.4) is 0 Å². The lowest BCUT2D eigenvalue weighted by Gasteiger charge is -2.37. The SMILES string of the molecule is CCNCCC(=O)N(CCCO)C1CCC1. The first-order valence-electron chi connectivity index (χ1n) is 6.40. The molecular weight excluding hydrogens is 204 g/mol. The maximum atomic E-state index is 12.0. The molecule has 0 aromatic carbocycles. The Morgan fingerprint density at radius 2 is 2.25 bits per heavy atom. The maximum absolute atomic E-state index is 12.0. The third kappa shape index (κ3) is 4.10. The minimum absolute atomic E-state index is 0.170. The van der Waals surface area contributed by atoms with Gasteiger partial charge in [-0.25, -0.2) is 0 Å². The normalized spacial score (nSPS) is 15.9. The molecule has 1 aliphatic rings. The van der Waals surface area contributed by atoms with Crippen molar-refractivity contribution in [3.05, 3.63) is 0 Å². The molecule has 0 unspecified atom stereocenters. The van der Waals surface area contributed by atoms with Gasteiger partial charge in [-0.05, 0) is 32.2 Å². The number of nitrogens with zero attached hydrogens (tertiary/aromatic N) is 1. The summed E-state index contributed by atoms with van der Waals surface area (Å²) < 4.78 is 0. The molecule has 94 valence electrons. The molecule has 0 spiro atoms. The number of rotatable bonds is 8. The number of hydrogen-bond donors (Lipinski definition) is 2. The summed E-state index contributed by atoms with van der Waals surface area (Å²) in [5.74, 6) is 0.235. The molecular formula is C12H24N2O2. The Kier molecular flexibility index (Phi) is 6.42. The molecule has 0 radical (unpaired) electrons. The molecule has 0 bridgehead atoms. The van der Waals surface area contributed by atoms with Gasteiger partial charge in [-0.3, -0.25) is 4.79 Å². The van der Waals surface area contributed by atoms with Crippen LogP contribution in [0.4, 0.5) is 0 Å². The standard InChI is InChI=1S/C12H24N2O2/c1-2-13-8-7-12(16)14(9-4-10-15)11-5-3-6-11/h11,13,15H,2-10H2,1H3. The summed E-state index contributed by atoms with van der Waals surface area (Å²) in [6, 6.07) is 0.445. The van der Waals surface area contributed by atoms with Crippen molar-refractivity contribution in [2.45, 2.75) is 45.1 Å². The minimum Gasteiger partial charge on any atom is -0.396 e. The molecule has 16 heavy (non-hydrogen) atoms. The Labute approximate surface area is 98.0 Å². The Bertz CT molecular complexity index is 205. The van der Waals surface area contributed by atoms with Crippen molar-refractivity contribution in [3.63, 3.8) is 0 Å². The summed E-state index contributed by atoms with van der Waals surface area (Å²) in [7, 11) is 0. The van der Waals surface area contributed by atoms with E-state index in [1.165, 1.54) is 6.42 Å². The lowest BCUT2D eigenvalue weighted by atomic mass is 9.91. The zero-order chi connectivity index (χ0) is 11.8. The molecule has 1 fully saturated rings. The summed E-state index contributed by atoms with van der Waals surface area (Å²) in [5, 5.41) is 12.0. The highest BCUT2D eigenvalue weighted by Crippen LogP contribution is 2.25. The average Bonchev–Trinajstić information content (AvgIpc) is 2.21. The fourth-order valence-corrected chi connectivity index (χ4v) is 1.97. The van der Waals surface area contributed by atoms with Crippen molar-refractivity contribution in [2.75, 3.05) is 26.2 Å². The molecule has 4 heteroatoms. The predicted octanol–water partition coefficient (Wildman–Crippen LogP) is 0.749. The second kappa shape index (κ2) is 7.63. The van der Waals surface area contributed by atoms with Crippen LogP contribution in [0.5, 0.6) is 0 Å². The van der Waals surface area contributed by atoms with Crippen molar-refractivity contribution < 1.29 is 9.90 Å². The van der Waals surface area contributed by atoms with E-state index < -0.39 is 0 Å². The van der Waals surface area contributed by atoms with Gasteiger partial charge < -0.3 is 15.3 Å². The van der Waals surface area contributed by atoms with Gasteiger partial charge in [-0.1, -0.05) is 6.92 Å². The van der Waals surface area contributed by atoms with Crippen LogP contribution < -0.4 is 5.32 Å². The van der Waals surface area contributed by atoms with E-state index >= 15 is 0 Å². The van der Waals surface area contributed by atoms with Crippen LogP contribution >= 0.6 is 0 Å². The number of aliphatic hydroxyl groups excluding tert-OH is 1. The molecule has 0 aromatic rings. The van der Waals surface area contributed by atoms with E-state index in [1.807, 2.05) is 11.8 Å². The van der Waals surface area contributed by atoms with Gasteiger partial charge in [0.15, 0.2) is 0 Å². The molecule has 0 aliphatic heterocycles. The van der Waals surface area contributed by atoms with Crippen molar-refractivity contribution in [1.82, 2.24) is 10.2 Å². The minimum atomic E-state index is 0.170. The van der Waals surface area contributed by atoms with Crippen LogP contribution in [-0.4, -0.2) is 48.2 Å². The first-order chi connectivity index (χ1) is 7.79. The number of amides is 1. The lowest BCUT2D eigenvalue weighted by Crippen LogP contribution is -2.45. The van der Waals surface area contributed by atoms with Crippen molar-refractivity contribution in [2.24, 2.45) is 0 Å². The molecule has 1 saturated carbocycles. The zero-order valence-corrected chi connectivity index (χ0v) is 10.2. The van der Waals surface area contributed by atoms with E-state index in [0.717, 1.165) is 25.9 Å². The van der Waals surface area contributed by atoms with Crippen molar-refractivity contribution >= 4 is 5.91 Å². The molecule has 0 saturated heterocycles. The Morgan fingerprint density at radius 3 is 2.75 bits per heavy atom. The van der Waals surface area contributed by atoms with Gasteiger partial charge in [0.2, 0.25) is 5.91 Å². The average molecular weight is 228 g/mol. The lowest BCUT2D eigenvalue weighted by molar-refractivity contribution is -0.135. The fourth-order valence-electron chi connectivity index (χ4n) is 1.97. The second-order valence-electron chi connectivity index (χ2n) is 4.35. The Hall–Kier alpha value is -0.610. The Morgan fingerprint density at radius 1 is 1.50 bits per heavy atom. The highest BCUT2D eigenvalue weighted by atomic mass is 16.3. The third-order valence-electron chi connectivity index (χ3n) is 3.16. The van der Waals surface area contributed by atoms with Crippen LogP contribution in [0, 0.1) is 0 Å². The van der Waals surface area contributed by atoms with E-state index in [9.17, 15) is 4.79 Å². The molecule has 1 aliphatic carbocycles. The predicted molar refractivity (Wildman–Crippen MR) is 64.2 cm³/mol. The number of hydrogen-bond acceptors (Lipinski definition) is 3. The van der Waals surface area contributed by atoms with Gasteiger partial charge in [-0.15, -0.1) is 0 Å². The van der Waals surface area contributed by atoms with Gasteiger partial charge >= 0.3 is 0 Å². The quantitative estimate of drug-likeness (QED) is 0.603. The number of aliphatic hydroxyl groups is 1. The third-order valence-corrected chi connectivity index (χ3v) is 3.16. The number of carbonyl (C=O) groups excluding carboxylic acids is 1. The van der Waals surface area contributed by atoms with Crippen molar-refractivity contribution in [3.8, 4) is 0 Å². The highest BCUT2D eigenvalue weighted by Gasteiger charge is 2.27. The molecule has 0 atom stereocenters. The van der Waals surface area contributed by atoms with Crippen LogP contribution in [0.1, 0.15) is 39.0 Å². The smallest absolute Gasteiger partial charge is 0.224 e. The Balaban J connectivity index is 2.31. The van der Waals surface area contributed by atoms with Crippen LogP contribution in [-0.2, 0) is 4.79 Å². The molecule has 2 N–H and O–H groups in total. The first kappa shape index (κ1) is 13.5. The molecule has 1 rings (SSSR count). The molecule has 1 amide bonds. The van der Waals surface area contributed by atoms with Gasteiger partial charge in [0.25, 0.3) is 0 Å². The number of nitrogens with one attached hydrogen (secondary N) is 1. The van der Waals surface area contributed by atoms with Crippen molar-refractivity contribution in [1.29, 1.82) is 0 Å². The van der Waals surface area contributed by atoms with Gasteiger partial charge in [0.05, 0.1) is 0 Å². The number of carbonyl (C=O) groups is 1. The van der Waals surface area contributed by atoms with Crippen LogP contribution in [0.25, 0.3) is 0 Å². The zero-order valence-electron chi connectivity index (χ0n) is 10.2. The van der Waals surface area contributed by atoms with E-state index in [0.29, 0.717) is 25.4 Å². The topological polar surface area (TPSA) is 52.6 Å². The summed E-state index contributed by atoms with van der Waals surface area (Å²) in [4.78, 5) is 13.9. The molecule has 4 nitrogen and oxygen atoms in total. The van der Waals surface area contributed by atoms with Crippen LogP contribution in [0.15, 0.2) is 0 Å². The van der Waals surface area contributed by atoms with E-state index in [4.69, 9.17) is 5.11 Å². The molecule has 0 heterocycles. The van der Waals surface area contributed by atoms with Crippen LogP contribution in [0.2, 0.25) is 0 Å². The van der Waals surface area contributed by atoms with E-state index in [2.05, 4.69) is 5.32 Å². The monoisotopic (exact) mass is 228 g/mol. The first-order valence-corrected chi connectivity index (χ1v) is 6.40. The summed E-state index contributed by atoms with van der Waals surface area (Å²) in [6.07, 6.45) is 4.79. The second-order valence-corrected chi connectivity index (χ2v) is 4.35. The maximum Gasteiger partial charge on any atom is 0.224 e. The summed E-state index contributed by atoms with van der Waals surface area (Å²) in [6.45, 7) is 4.60. The highest BCUT2D eigenvalue weighted by molar-refractivity contribution is 5.76. The van der Waals surface area contributed by atoms with Gasteiger partial charge in [0.1, 0.15) is 0 Å². The van der Waals surface area contributed by atoms with Gasteiger partial charge in [0, 0.05) is 32.2 Å². The molecule has 0 aromatic heterocycles. The summed E-state index contributed by atoms with van der Waals surface area (Å²) >= 11 is 0. The van der Waals surface area contributed by atoms with Gasteiger partial charge in [-0.2, -0.15) is 0 Å².